The van der Waals surface area contributed by atoms with E-state index in [-0.39, 0.29) is 17.4 Å². The molecular formula is C26H21FN4O2S. The number of amides is 1. The van der Waals surface area contributed by atoms with Gasteiger partial charge in [0, 0.05) is 23.4 Å². The van der Waals surface area contributed by atoms with E-state index in [4.69, 9.17) is 0 Å². The number of aromatic nitrogens is 3. The summed E-state index contributed by atoms with van der Waals surface area (Å²) in [6, 6.07) is 22.0. The Hall–Kier alpha value is -4.04. The number of benzene rings is 3. The van der Waals surface area contributed by atoms with E-state index in [2.05, 4.69) is 22.1 Å². The van der Waals surface area contributed by atoms with E-state index >= 15 is 0 Å². The van der Waals surface area contributed by atoms with Crippen LogP contribution in [0.25, 0.3) is 11.4 Å². The molecule has 0 saturated heterocycles. The van der Waals surface area contributed by atoms with E-state index in [9.17, 15) is 14.0 Å². The second-order valence-corrected chi connectivity index (χ2v) is 8.24. The summed E-state index contributed by atoms with van der Waals surface area (Å²) < 4.78 is 16.0. The summed E-state index contributed by atoms with van der Waals surface area (Å²) in [6.07, 6.45) is 1.67. The molecule has 0 spiro atoms. The van der Waals surface area contributed by atoms with Crippen LogP contribution in [-0.2, 0) is 6.54 Å². The minimum Gasteiger partial charge on any atom is -0.322 e. The Morgan fingerprint density at radius 3 is 2.35 bits per heavy atom. The molecule has 0 aliphatic heterocycles. The van der Waals surface area contributed by atoms with Gasteiger partial charge in [0.15, 0.2) is 16.8 Å². The molecule has 0 aliphatic rings. The van der Waals surface area contributed by atoms with E-state index in [0.717, 1.165) is 0 Å². The summed E-state index contributed by atoms with van der Waals surface area (Å²) in [4.78, 5) is 25.0. The van der Waals surface area contributed by atoms with Gasteiger partial charge in [-0.2, -0.15) is 0 Å². The van der Waals surface area contributed by atoms with Gasteiger partial charge in [-0.1, -0.05) is 48.2 Å². The maximum Gasteiger partial charge on any atom is 0.255 e. The zero-order chi connectivity index (χ0) is 23.9. The number of hydrogen-bond donors (Lipinski definition) is 1. The van der Waals surface area contributed by atoms with Crippen LogP contribution in [0.2, 0.25) is 0 Å². The molecule has 0 bridgehead atoms. The van der Waals surface area contributed by atoms with Crippen LogP contribution >= 0.6 is 11.8 Å². The van der Waals surface area contributed by atoms with Gasteiger partial charge in [-0.05, 0) is 48.5 Å². The van der Waals surface area contributed by atoms with Gasteiger partial charge in [-0.15, -0.1) is 16.8 Å². The molecule has 1 N–H and O–H groups in total. The normalized spacial score (nSPS) is 10.6. The van der Waals surface area contributed by atoms with E-state index in [1.165, 1.54) is 17.8 Å². The number of allylic oxidation sites excluding steroid dienone is 1. The van der Waals surface area contributed by atoms with Gasteiger partial charge in [-0.25, -0.2) is 4.39 Å². The van der Waals surface area contributed by atoms with Gasteiger partial charge in [0.2, 0.25) is 0 Å². The summed E-state index contributed by atoms with van der Waals surface area (Å²) in [7, 11) is 0. The quantitative estimate of drug-likeness (QED) is 0.198. The highest BCUT2D eigenvalue weighted by molar-refractivity contribution is 7.99. The molecule has 6 nitrogen and oxygen atoms in total. The van der Waals surface area contributed by atoms with Crippen LogP contribution in [0.3, 0.4) is 0 Å². The molecule has 0 aliphatic carbocycles. The zero-order valence-electron chi connectivity index (χ0n) is 18.1. The fourth-order valence-electron chi connectivity index (χ4n) is 3.28. The van der Waals surface area contributed by atoms with Crippen molar-refractivity contribution in [1.29, 1.82) is 0 Å². The minimum atomic E-state index is -0.396. The average molecular weight is 473 g/mol. The van der Waals surface area contributed by atoms with Gasteiger partial charge in [-0.3, -0.25) is 14.2 Å². The van der Waals surface area contributed by atoms with E-state index in [1.54, 1.807) is 77.4 Å². The van der Waals surface area contributed by atoms with Gasteiger partial charge < -0.3 is 5.32 Å². The van der Waals surface area contributed by atoms with Crippen LogP contribution in [0.15, 0.2) is 96.7 Å². The first-order valence-electron chi connectivity index (χ1n) is 10.5. The van der Waals surface area contributed by atoms with Crippen LogP contribution < -0.4 is 5.32 Å². The standard InChI is InChI=1S/C26H21FN4O2S/c1-2-16-31-24(21-10-6-7-11-22(21)27)29-30-26(31)34-17-23(32)18-12-14-20(15-13-18)28-25(33)19-8-4-3-5-9-19/h2-15H,1,16-17H2,(H,28,33). The van der Waals surface area contributed by atoms with Gasteiger partial charge >= 0.3 is 0 Å². The van der Waals surface area contributed by atoms with Crippen molar-refractivity contribution < 1.29 is 14.0 Å². The number of ketones is 1. The Morgan fingerprint density at radius 1 is 0.941 bits per heavy atom. The molecule has 0 fully saturated rings. The molecule has 0 atom stereocenters. The number of anilines is 1. The lowest BCUT2D eigenvalue weighted by molar-refractivity contribution is 0.101. The van der Waals surface area contributed by atoms with Crippen LogP contribution in [0, 0.1) is 5.82 Å². The lowest BCUT2D eigenvalue weighted by Gasteiger charge is -2.08. The molecule has 0 saturated carbocycles. The lowest BCUT2D eigenvalue weighted by atomic mass is 10.1. The summed E-state index contributed by atoms with van der Waals surface area (Å²) >= 11 is 1.22. The van der Waals surface area contributed by atoms with Crippen molar-refractivity contribution in [1.82, 2.24) is 14.8 Å². The van der Waals surface area contributed by atoms with Crippen molar-refractivity contribution in [2.75, 3.05) is 11.1 Å². The molecule has 1 amide bonds. The lowest BCUT2D eigenvalue weighted by Crippen LogP contribution is -2.12. The van der Waals surface area contributed by atoms with Gasteiger partial charge in [0.25, 0.3) is 5.91 Å². The second kappa shape index (κ2) is 10.7. The van der Waals surface area contributed by atoms with Crippen molar-refractivity contribution in [3.05, 3.63) is 108 Å². The Balaban J connectivity index is 1.42. The third kappa shape index (κ3) is 5.29. The van der Waals surface area contributed by atoms with Crippen LogP contribution in [-0.4, -0.2) is 32.2 Å². The van der Waals surface area contributed by atoms with Crippen molar-refractivity contribution >= 4 is 29.1 Å². The molecule has 1 heterocycles. The van der Waals surface area contributed by atoms with Crippen LogP contribution in [0.1, 0.15) is 20.7 Å². The fraction of sp³-hybridized carbons (Fsp3) is 0.0769. The molecule has 4 rings (SSSR count). The first kappa shape index (κ1) is 23.1. The molecule has 8 heteroatoms. The molecule has 0 unspecified atom stereocenters. The smallest absolute Gasteiger partial charge is 0.255 e. The number of carbonyl (C=O) groups is 2. The fourth-order valence-corrected chi connectivity index (χ4v) is 4.12. The predicted molar refractivity (Wildman–Crippen MR) is 132 cm³/mol. The summed E-state index contributed by atoms with van der Waals surface area (Å²) in [6.45, 7) is 4.13. The largest absolute Gasteiger partial charge is 0.322 e. The maximum absolute atomic E-state index is 14.3. The van der Waals surface area contributed by atoms with Crippen molar-refractivity contribution in [2.45, 2.75) is 11.7 Å². The Labute approximate surface area is 200 Å². The molecule has 0 radical (unpaired) electrons. The molecule has 34 heavy (non-hydrogen) atoms. The number of thioether (sulfide) groups is 1. The highest BCUT2D eigenvalue weighted by atomic mass is 32.2. The number of Topliss-reactive ketones (excluding diaryl/α,β-unsaturated/α-hetero) is 1. The molecule has 4 aromatic rings. The van der Waals surface area contributed by atoms with Crippen molar-refractivity contribution in [3.63, 3.8) is 0 Å². The van der Waals surface area contributed by atoms with Gasteiger partial charge in [0.1, 0.15) is 5.82 Å². The zero-order valence-corrected chi connectivity index (χ0v) is 19.0. The van der Waals surface area contributed by atoms with Gasteiger partial charge in [0.05, 0.1) is 11.3 Å². The Morgan fingerprint density at radius 2 is 1.65 bits per heavy atom. The number of halogens is 1. The average Bonchev–Trinajstić information content (AvgIpc) is 3.26. The highest BCUT2D eigenvalue weighted by Gasteiger charge is 2.18. The van der Waals surface area contributed by atoms with Crippen molar-refractivity contribution in [2.24, 2.45) is 0 Å². The maximum atomic E-state index is 14.3. The predicted octanol–water partition coefficient (Wildman–Crippen LogP) is 5.50. The number of hydrogen-bond acceptors (Lipinski definition) is 5. The third-order valence-corrected chi connectivity index (χ3v) is 5.94. The monoisotopic (exact) mass is 472 g/mol. The summed E-state index contributed by atoms with van der Waals surface area (Å²) in [5.74, 6) is -0.213. The van der Waals surface area contributed by atoms with Crippen molar-refractivity contribution in [3.8, 4) is 11.4 Å². The number of rotatable bonds is 9. The SMILES string of the molecule is C=CCn1c(SCC(=O)c2ccc(NC(=O)c3ccccc3)cc2)nnc1-c1ccccc1F. The second-order valence-electron chi connectivity index (χ2n) is 7.29. The summed E-state index contributed by atoms with van der Waals surface area (Å²) in [5.41, 5.74) is 1.99. The molecule has 1 aromatic heterocycles. The molecule has 170 valence electrons. The van der Waals surface area contributed by atoms with Crippen LogP contribution in [0.5, 0.6) is 0 Å². The third-order valence-electron chi connectivity index (χ3n) is 4.98. The van der Waals surface area contributed by atoms with E-state index in [0.29, 0.717) is 39.9 Å². The molecule has 3 aromatic carbocycles. The highest BCUT2D eigenvalue weighted by Crippen LogP contribution is 2.26. The first-order chi connectivity index (χ1) is 16.6. The van der Waals surface area contributed by atoms with E-state index in [1.807, 2.05) is 6.07 Å². The van der Waals surface area contributed by atoms with E-state index < -0.39 is 5.82 Å². The number of nitrogens with zero attached hydrogens (tertiary/aromatic N) is 3. The molecular weight excluding hydrogens is 451 g/mol. The minimum absolute atomic E-state index is 0.105. The number of nitrogens with one attached hydrogen (secondary N) is 1. The Bertz CT molecular complexity index is 1320. The van der Waals surface area contributed by atoms with Crippen LogP contribution in [0.4, 0.5) is 10.1 Å². The topological polar surface area (TPSA) is 76.9 Å². The Kier molecular flexibility index (Phi) is 7.29. The summed E-state index contributed by atoms with van der Waals surface area (Å²) in [5, 5.41) is 11.6. The first-order valence-corrected chi connectivity index (χ1v) is 11.5. The number of carbonyl (C=O) groups excluding carboxylic acids is 2.